The summed E-state index contributed by atoms with van der Waals surface area (Å²) < 4.78 is 47.2. The molecule has 5 rings (SSSR count). The molecule has 0 spiro atoms. The predicted molar refractivity (Wildman–Crippen MR) is 134 cm³/mol. The number of nitrogens with zero attached hydrogens (tertiary/aromatic N) is 3. The molecule has 2 saturated heterocycles. The first-order valence-corrected chi connectivity index (χ1v) is 14.2. The summed E-state index contributed by atoms with van der Waals surface area (Å²) in [7, 11) is -3.74. The molecule has 35 heavy (non-hydrogen) atoms. The van der Waals surface area contributed by atoms with Gasteiger partial charge in [0.05, 0.1) is 27.8 Å². The number of anilines is 1. The van der Waals surface area contributed by atoms with Crippen molar-refractivity contribution in [3.63, 3.8) is 0 Å². The third kappa shape index (κ3) is 5.22. The molecule has 0 bridgehead atoms. The number of ether oxygens (including phenoxy) is 1. The van der Waals surface area contributed by atoms with Crippen molar-refractivity contribution in [2.75, 3.05) is 31.1 Å². The lowest BCUT2D eigenvalue weighted by Crippen LogP contribution is -2.46. The molecule has 11 heteroatoms. The van der Waals surface area contributed by atoms with Gasteiger partial charge in [-0.2, -0.15) is 4.31 Å². The van der Waals surface area contributed by atoms with Crippen LogP contribution in [0.25, 0.3) is 10.2 Å². The maximum atomic E-state index is 13.7. The Bertz CT molecular complexity index is 1320. The summed E-state index contributed by atoms with van der Waals surface area (Å²) in [5.74, 6) is -0.882. The van der Waals surface area contributed by atoms with Crippen molar-refractivity contribution in [3.05, 3.63) is 53.3 Å². The van der Waals surface area contributed by atoms with E-state index in [9.17, 15) is 17.6 Å². The van der Waals surface area contributed by atoms with Gasteiger partial charge in [0.1, 0.15) is 5.82 Å². The van der Waals surface area contributed by atoms with Crippen molar-refractivity contribution in [2.24, 2.45) is 5.92 Å². The topological polar surface area (TPSA) is 79.8 Å². The Balaban J connectivity index is 1.33. The molecular weight excluding hydrogens is 513 g/mol. The van der Waals surface area contributed by atoms with Gasteiger partial charge in [-0.05, 0) is 68.1 Å². The molecule has 7 nitrogen and oxygen atoms in total. The van der Waals surface area contributed by atoms with E-state index in [4.69, 9.17) is 16.3 Å². The van der Waals surface area contributed by atoms with Gasteiger partial charge in [-0.1, -0.05) is 22.9 Å². The Morgan fingerprint density at radius 3 is 2.60 bits per heavy atom. The zero-order valence-electron chi connectivity index (χ0n) is 18.9. The van der Waals surface area contributed by atoms with E-state index in [1.54, 1.807) is 11.0 Å². The lowest BCUT2D eigenvalue weighted by atomic mass is 9.96. The summed E-state index contributed by atoms with van der Waals surface area (Å²) in [6.45, 7) is 1.54. The molecule has 2 aliphatic rings. The van der Waals surface area contributed by atoms with Crippen LogP contribution in [0.4, 0.5) is 9.52 Å². The molecule has 0 aliphatic carbocycles. The van der Waals surface area contributed by atoms with E-state index in [-0.39, 0.29) is 35.9 Å². The van der Waals surface area contributed by atoms with Crippen LogP contribution < -0.4 is 4.90 Å². The third-order valence-electron chi connectivity index (χ3n) is 6.50. The summed E-state index contributed by atoms with van der Waals surface area (Å²) >= 11 is 7.55. The Hall–Kier alpha value is -2.11. The summed E-state index contributed by atoms with van der Waals surface area (Å²) in [5.41, 5.74) is 0.778. The highest BCUT2D eigenvalue weighted by atomic mass is 35.5. The quantitative estimate of drug-likeness (QED) is 0.455. The van der Waals surface area contributed by atoms with Crippen LogP contribution in [-0.2, 0) is 19.6 Å². The first-order valence-electron chi connectivity index (χ1n) is 11.6. The molecule has 1 aromatic heterocycles. The van der Waals surface area contributed by atoms with Crippen molar-refractivity contribution >= 4 is 54.2 Å². The fourth-order valence-electron chi connectivity index (χ4n) is 4.58. The SMILES string of the molecule is O=C(C1CCN(S(=O)(=O)c2ccc(F)cc2)CC1)N(CC1CCCO1)c1nc2ccc(Cl)cc2s1. The van der Waals surface area contributed by atoms with Crippen molar-refractivity contribution < 1.29 is 22.3 Å². The van der Waals surface area contributed by atoms with Gasteiger partial charge in [-0.3, -0.25) is 9.69 Å². The van der Waals surface area contributed by atoms with E-state index in [1.165, 1.54) is 27.8 Å². The smallest absolute Gasteiger partial charge is 0.243 e. The van der Waals surface area contributed by atoms with Crippen LogP contribution >= 0.6 is 22.9 Å². The van der Waals surface area contributed by atoms with Crippen molar-refractivity contribution in [3.8, 4) is 0 Å². The maximum Gasteiger partial charge on any atom is 0.243 e. The standard InChI is InChI=1S/C24H25ClFN3O4S2/c25-17-3-8-21-22(14-17)34-24(27-21)29(15-19-2-1-13-33-19)23(30)16-9-11-28(12-10-16)35(31,32)20-6-4-18(26)5-7-20/h3-8,14,16,19H,1-2,9-13,15H2. The average Bonchev–Trinajstić information content (AvgIpc) is 3.52. The highest BCUT2D eigenvalue weighted by Gasteiger charge is 2.36. The van der Waals surface area contributed by atoms with Gasteiger partial charge in [-0.15, -0.1) is 0 Å². The molecule has 0 radical (unpaired) electrons. The fraction of sp³-hybridized carbons (Fsp3) is 0.417. The molecule has 3 aromatic rings. The van der Waals surface area contributed by atoms with E-state index in [0.717, 1.165) is 35.2 Å². The van der Waals surface area contributed by atoms with Crippen LogP contribution in [0.3, 0.4) is 0 Å². The molecule has 2 aliphatic heterocycles. The number of amides is 1. The second-order valence-electron chi connectivity index (χ2n) is 8.82. The molecule has 0 N–H and O–H groups in total. The molecule has 186 valence electrons. The Morgan fingerprint density at radius 2 is 1.91 bits per heavy atom. The Morgan fingerprint density at radius 1 is 1.17 bits per heavy atom. The third-order valence-corrected chi connectivity index (χ3v) is 9.69. The molecule has 2 fully saturated rings. The van der Waals surface area contributed by atoms with Crippen molar-refractivity contribution in [1.82, 2.24) is 9.29 Å². The van der Waals surface area contributed by atoms with Crippen LogP contribution in [0.2, 0.25) is 5.02 Å². The monoisotopic (exact) mass is 537 g/mol. The summed E-state index contributed by atoms with van der Waals surface area (Å²) in [5, 5.41) is 1.21. The highest BCUT2D eigenvalue weighted by Crippen LogP contribution is 2.34. The minimum atomic E-state index is -3.74. The number of hydrogen-bond acceptors (Lipinski definition) is 6. The van der Waals surface area contributed by atoms with Gasteiger partial charge < -0.3 is 4.74 Å². The number of carbonyl (C=O) groups is 1. The number of benzene rings is 2. The largest absolute Gasteiger partial charge is 0.376 e. The van der Waals surface area contributed by atoms with Crippen LogP contribution in [0.1, 0.15) is 25.7 Å². The minimum absolute atomic E-state index is 0.0477. The van der Waals surface area contributed by atoms with Gasteiger partial charge >= 0.3 is 0 Å². The number of rotatable bonds is 6. The number of thiazole rings is 1. The molecule has 1 atom stereocenters. The van der Waals surface area contributed by atoms with Crippen molar-refractivity contribution in [2.45, 2.75) is 36.7 Å². The fourth-order valence-corrected chi connectivity index (χ4v) is 7.30. The zero-order valence-corrected chi connectivity index (χ0v) is 21.3. The number of fused-ring (bicyclic) bond motifs is 1. The number of hydrogen-bond donors (Lipinski definition) is 0. The summed E-state index contributed by atoms with van der Waals surface area (Å²) in [6.07, 6.45) is 2.60. The Kier molecular flexibility index (Phi) is 7.09. The number of carbonyl (C=O) groups excluding carboxylic acids is 1. The lowest BCUT2D eigenvalue weighted by Gasteiger charge is -2.33. The van der Waals surface area contributed by atoms with Gasteiger partial charge in [0.25, 0.3) is 0 Å². The van der Waals surface area contributed by atoms with Crippen LogP contribution in [0.5, 0.6) is 0 Å². The van der Waals surface area contributed by atoms with Gasteiger partial charge in [-0.25, -0.2) is 17.8 Å². The molecule has 0 saturated carbocycles. The highest BCUT2D eigenvalue weighted by molar-refractivity contribution is 7.89. The number of aromatic nitrogens is 1. The van der Waals surface area contributed by atoms with E-state index < -0.39 is 15.8 Å². The van der Waals surface area contributed by atoms with Gasteiger partial charge in [0.15, 0.2) is 5.13 Å². The normalized spacial score (nSPS) is 19.9. The van der Waals surface area contributed by atoms with Gasteiger partial charge in [0.2, 0.25) is 15.9 Å². The maximum absolute atomic E-state index is 13.7. The predicted octanol–water partition coefficient (Wildman–Crippen LogP) is 4.70. The minimum Gasteiger partial charge on any atom is -0.376 e. The second-order valence-corrected chi connectivity index (χ2v) is 12.2. The molecule has 2 aromatic carbocycles. The second kappa shape index (κ2) is 10.1. The van der Waals surface area contributed by atoms with Crippen LogP contribution in [0, 0.1) is 11.7 Å². The van der Waals surface area contributed by atoms with E-state index in [0.29, 0.717) is 36.1 Å². The first kappa shape index (κ1) is 24.6. The average molecular weight is 538 g/mol. The first-order chi connectivity index (χ1) is 16.8. The molecule has 1 amide bonds. The number of piperidine rings is 1. The molecular formula is C24H25ClFN3O4S2. The number of halogens is 2. The lowest BCUT2D eigenvalue weighted by molar-refractivity contribution is -0.123. The van der Waals surface area contributed by atoms with Crippen LogP contribution in [-0.4, -0.2) is 56.0 Å². The summed E-state index contributed by atoms with van der Waals surface area (Å²) in [4.78, 5) is 20.1. The van der Waals surface area contributed by atoms with Crippen LogP contribution in [0.15, 0.2) is 47.4 Å². The summed E-state index contributed by atoms with van der Waals surface area (Å²) in [6, 6.07) is 10.3. The van der Waals surface area contributed by atoms with E-state index in [2.05, 4.69) is 4.98 Å². The Labute approximate surface area is 212 Å². The van der Waals surface area contributed by atoms with Gasteiger partial charge in [0, 0.05) is 30.6 Å². The molecule has 1 unspecified atom stereocenters. The number of sulfonamides is 1. The van der Waals surface area contributed by atoms with Crippen molar-refractivity contribution in [1.29, 1.82) is 0 Å². The zero-order chi connectivity index (χ0) is 24.6. The van der Waals surface area contributed by atoms with E-state index >= 15 is 0 Å². The van der Waals surface area contributed by atoms with E-state index in [1.807, 2.05) is 12.1 Å². The molecule has 3 heterocycles.